The molecule has 1 heterocycles. The number of hydrogen-bond donors (Lipinski definition) is 2. The Morgan fingerprint density at radius 1 is 1.22 bits per heavy atom. The lowest BCUT2D eigenvalue weighted by Crippen LogP contribution is -2.23. The van der Waals surface area contributed by atoms with E-state index in [4.69, 9.17) is 30.5 Å². The first-order valence-corrected chi connectivity index (χ1v) is 8.33. The number of hydrogen-bond acceptors (Lipinski definition) is 7. The van der Waals surface area contributed by atoms with Crippen LogP contribution in [0, 0.1) is 0 Å². The molecule has 0 aromatic heterocycles. The van der Waals surface area contributed by atoms with Gasteiger partial charge in [-0.05, 0) is 30.3 Å². The van der Waals surface area contributed by atoms with Gasteiger partial charge in [0.05, 0.1) is 32.7 Å². The van der Waals surface area contributed by atoms with Crippen LogP contribution in [-0.4, -0.2) is 32.4 Å². The number of phenolic OH excluding ortho intramolecular Hbond substituents is 1. The van der Waals surface area contributed by atoms with Gasteiger partial charge in [-0.25, -0.2) is 4.79 Å². The zero-order chi connectivity index (χ0) is 19.6. The SMILES string of the molecule is COC(=O)/C=C1\Nc2cc(Cl)ccc2OC1c1ccc(OC)c(O)c1OC. The summed E-state index contributed by atoms with van der Waals surface area (Å²) in [6.07, 6.45) is 0.513. The van der Waals surface area contributed by atoms with E-state index < -0.39 is 12.1 Å². The molecule has 0 saturated heterocycles. The molecule has 0 saturated carbocycles. The van der Waals surface area contributed by atoms with Gasteiger partial charge in [-0.15, -0.1) is 0 Å². The van der Waals surface area contributed by atoms with Crippen molar-refractivity contribution in [2.24, 2.45) is 0 Å². The third-order valence-corrected chi connectivity index (χ3v) is 4.29. The predicted octanol–water partition coefficient (Wildman–Crippen LogP) is 3.67. The molecule has 27 heavy (non-hydrogen) atoms. The van der Waals surface area contributed by atoms with Crippen molar-refractivity contribution in [2.75, 3.05) is 26.6 Å². The first-order valence-electron chi connectivity index (χ1n) is 7.95. The van der Waals surface area contributed by atoms with Gasteiger partial charge in [-0.2, -0.15) is 0 Å². The summed E-state index contributed by atoms with van der Waals surface area (Å²) in [5.41, 5.74) is 1.50. The van der Waals surface area contributed by atoms with Crippen LogP contribution < -0.4 is 19.5 Å². The molecule has 7 nitrogen and oxygen atoms in total. The molecule has 2 aromatic rings. The molecule has 1 atom stereocenters. The zero-order valence-corrected chi connectivity index (χ0v) is 15.7. The number of rotatable bonds is 4. The molecule has 8 heteroatoms. The molecule has 0 radical (unpaired) electrons. The molecule has 142 valence electrons. The highest BCUT2D eigenvalue weighted by atomic mass is 35.5. The summed E-state index contributed by atoms with van der Waals surface area (Å²) in [7, 11) is 4.14. The van der Waals surface area contributed by atoms with Gasteiger partial charge in [-0.3, -0.25) is 0 Å². The lowest BCUT2D eigenvalue weighted by Gasteiger charge is -2.31. The van der Waals surface area contributed by atoms with Crippen LogP contribution in [0.5, 0.6) is 23.0 Å². The number of anilines is 1. The van der Waals surface area contributed by atoms with Crippen LogP contribution in [0.15, 0.2) is 42.1 Å². The predicted molar refractivity (Wildman–Crippen MR) is 99.8 cm³/mol. The van der Waals surface area contributed by atoms with Gasteiger partial charge < -0.3 is 29.4 Å². The number of methoxy groups -OCH3 is 3. The summed E-state index contributed by atoms with van der Waals surface area (Å²) in [5, 5.41) is 14.0. The first-order chi connectivity index (χ1) is 13.0. The van der Waals surface area contributed by atoms with E-state index in [2.05, 4.69) is 5.32 Å². The fraction of sp³-hybridized carbons (Fsp3) is 0.211. The van der Waals surface area contributed by atoms with Crippen molar-refractivity contribution in [1.82, 2.24) is 0 Å². The van der Waals surface area contributed by atoms with E-state index in [0.717, 1.165) is 0 Å². The normalized spacial score (nSPS) is 16.7. The number of nitrogens with one attached hydrogen (secondary N) is 1. The second-order valence-corrected chi connectivity index (χ2v) is 6.06. The Labute approximate surface area is 161 Å². The highest BCUT2D eigenvalue weighted by molar-refractivity contribution is 6.31. The monoisotopic (exact) mass is 391 g/mol. The van der Waals surface area contributed by atoms with E-state index in [1.54, 1.807) is 30.3 Å². The molecule has 2 N–H and O–H groups in total. The Kier molecular flexibility index (Phi) is 5.32. The van der Waals surface area contributed by atoms with E-state index in [0.29, 0.717) is 27.7 Å². The molecular weight excluding hydrogens is 374 g/mol. The van der Waals surface area contributed by atoms with Crippen LogP contribution in [0.25, 0.3) is 0 Å². The van der Waals surface area contributed by atoms with Gasteiger partial charge in [0.15, 0.2) is 17.6 Å². The highest BCUT2D eigenvalue weighted by Crippen LogP contribution is 2.47. The smallest absolute Gasteiger partial charge is 0.332 e. The second kappa shape index (κ2) is 7.67. The fourth-order valence-electron chi connectivity index (χ4n) is 2.80. The number of carbonyl (C=O) groups excluding carboxylic acids is 1. The summed E-state index contributed by atoms with van der Waals surface area (Å²) in [6, 6.07) is 8.36. The molecule has 0 spiro atoms. The topological polar surface area (TPSA) is 86.3 Å². The van der Waals surface area contributed by atoms with Crippen molar-refractivity contribution in [1.29, 1.82) is 0 Å². The van der Waals surface area contributed by atoms with Crippen molar-refractivity contribution >= 4 is 23.3 Å². The van der Waals surface area contributed by atoms with Gasteiger partial charge in [0.1, 0.15) is 5.75 Å². The van der Waals surface area contributed by atoms with Crippen LogP contribution in [0.3, 0.4) is 0 Å². The minimum Gasteiger partial charge on any atom is -0.502 e. The van der Waals surface area contributed by atoms with Crippen LogP contribution >= 0.6 is 11.6 Å². The van der Waals surface area contributed by atoms with Gasteiger partial charge in [0.2, 0.25) is 5.75 Å². The number of carbonyl (C=O) groups is 1. The van der Waals surface area contributed by atoms with E-state index >= 15 is 0 Å². The van der Waals surface area contributed by atoms with Gasteiger partial charge in [0.25, 0.3) is 0 Å². The number of fused-ring (bicyclic) bond motifs is 1. The fourth-order valence-corrected chi connectivity index (χ4v) is 2.97. The third-order valence-electron chi connectivity index (χ3n) is 4.05. The van der Waals surface area contributed by atoms with Gasteiger partial charge in [-0.1, -0.05) is 11.6 Å². The van der Waals surface area contributed by atoms with E-state index in [1.807, 2.05) is 0 Å². The van der Waals surface area contributed by atoms with Crippen molar-refractivity contribution in [3.8, 4) is 23.0 Å². The lowest BCUT2D eigenvalue weighted by atomic mass is 10.0. The molecule has 0 bridgehead atoms. The minimum absolute atomic E-state index is 0.166. The standard InChI is InChI=1S/C19H18ClNO6/c1-24-15-7-5-11(19(26-3)17(15)23)18-13(9-16(22)25-2)21-12-8-10(20)4-6-14(12)27-18/h4-9,18,21,23H,1-3H3/b13-9-. The van der Waals surface area contributed by atoms with E-state index in [9.17, 15) is 9.90 Å². The highest BCUT2D eigenvalue weighted by Gasteiger charge is 2.31. The van der Waals surface area contributed by atoms with Crippen LogP contribution in [-0.2, 0) is 9.53 Å². The molecule has 2 aromatic carbocycles. The van der Waals surface area contributed by atoms with Crippen LogP contribution in [0.4, 0.5) is 5.69 Å². The minimum atomic E-state index is -0.760. The summed E-state index contributed by atoms with van der Waals surface area (Å²) in [6.45, 7) is 0. The molecule has 1 aliphatic rings. The average Bonchev–Trinajstić information content (AvgIpc) is 2.67. The van der Waals surface area contributed by atoms with Crippen molar-refractivity contribution < 1.29 is 28.8 Å². The Morgan fingerprint density at radius 2 is 2.00 bits per heavy atom. The molecule has 0 amide bonds. The molecule has 1 aliphatic heterocycles. The van der Waals surface area contributed by atoms with Crippen LogP contribution in [0.1, 0.15) is 11.7 Å². The lowest BCUT2D eigenvalue weighted by molar-refractivity contribution is -0.134. The Morgan fingerprint density at radius 3 is 2.67 bits per heavy atom. The number of esters is 1. The van der Waals surface area contributed by atoms with Crippen molar-refractivity contribution in [3.63, 3.8) is 0 Å². The summed E-state index contributed by atoms with van der Waals surface area (Å²) in [5.74, 6) is 0.233. The summed E-state index contributed by atoms with van der Waals surface area (Å²) >= 11 is 6.04. The number of benzene rings is 2. The molecule has 0 fully saturated rings. The Bertz CT molecular complexity index is 911. The zero-order valence-electron chi connectivity index (χ0n) is 14.9. The summed E-state index contributed by atoms with van der Waals surface area (Å²) < 4.78 is 21.3. The maximum absolute atomic E-state index is 11.8. The van der Waals surface area contributed by atoms with Crippen LogP contribution in [0.2, 0.25) is 5.02 Å². The summed E-state index contributed by atoms with van der Waals surface area (Å²) in [4.78, 5) is 11.8. The third kappa shape index (κ3) is 3.59. The number of halogens is 1. The number of phenols is 1. The van der Waals surface area contributed by atoms with E-state index in [-0.39, 0.29) is 17.2 Å². The maximum atomic E-state index is 11.8. The first kappa shape index (κ1) is 18.7. The second-order valence-electron chi connectivity index (χ2n) is 5.63. The molecule has 3 rings (SSSR count). The Balaban J connectivity index is 2.14. The van der Waals surface area contributed by atoms with Crippen molar-refractivity contribution in [3.05, 3.63) is 52.7 Å². The van der Waals surface area contributed by atoms with Gasteiger partial charge >= 0.3 is 5.97 Å². The van der Waals surface area contributed by atoms with E-state index in [1.165, 1.54) is 27.4 Å². The number of aromatic hydroxyl groups is 1. The number of ether oxygens (including phenoxy) is 4. The van der Waals surface area contributed by atoms with Gasteiger partial charge in [0, 0.05) is 16.7 Å². The largest absolute Gasteiger partial charge is 0.502 e. The maximum Gasteiger partial charge on any atom is 0.332 e. The molecule has 0 aliphatic carbocycles. The molecule has 1 unspecified atom stereocenters. The van der Waals surface area contributed by atoms with Crippen molar-refractivity contribution in [2.45, 2.75) is 6.10 Å². The Hall–Kier alpha value is -3.06. The quantitative estimate of drug-likeness (QED) is 0.607. The molecular formula is C19H18ClNO6. The average molecular weight is 392 g/mol.